The summed E-state index contributed by atoms with van der Waals surface area (Å²) in [6.45, 7) is 1.49. The van der Waals surface area contributed by atoms with E-state index in [1.54, 1.807) is 24.3 Å². The number of hydrogen-bond acceptors (Lipinski definition) is 2. The van der Waals surface area contributed by atoms with Crippen molar-refractivity contribution in [1.29, 1.82) is 0 Å². The highest BCUT2D eigenvalue weighted by Gasteiger charge is 2.39. The third-order valence-corrected chi connectivity index (χ3v) is 3.25. The molecule has 0 aliphatic rings. The Labute approximate surface area is 127 Å². The highest BCUT2D eigenvalue weighted by Crippen LogP contribution is 2.34. The van der Waals surface area contributed by atoms with E-state index in [1.807, 2.05) is 0 Å². The number of hydrogen-bond donors (Lipinski definition) is 1. The molecule has 0 saturated carbocycles. The summed E-state index contributed by atoms with van der Waals surface area (Å²) in [6, 6.07) is 8.17. The fourth-order valence-electron chi connectivity index (χ4n) is 1.77. The molecule has 0 unspecified atom stereocenters. The van der Waals surface area contributed by atoms with Crippen LogP contribution in [0, 0.1) is 6.92 Å². The maximum Gasteiger partial charge on any atom is 0.450 e. The quantitative estimate of drug-likeness (QED) is 0.885. The molecular weight excluding hydrogens is 351 g/mol. The Bertz CT molecular complexity index is 647. The van der Waals surface area contributed by atoms with Crippen LogP contribution in [0.4, 0.5) is 13.2 Å². The van der Waals surface area contributed by atoms with Crippen LogP contribution in [0.15, 0.2) is 39.2 Å². The fraction of sp³-hybridized carbons (Fsp3) is 0.214. The van der Waals surface area contributed by atoms with E-state index in [0.29, 0.717) is 0 Å². The van der Waals surface area contributed by atoms with Crippen molar-refractivity contribution in [3.05, 3.63) is 57.5 Å². The lowest BCUT2D eigenvalue weighted by Gasteiger charge is -2.07. The zero-order valence-corrected chi connectivity index (χ0v) is 12.5. The van der Waals surface area contributed by atoms with Crippen LogP contribution in [0.25, 0.3) is 0 Å². The van der Waals surface area contributed by atoms with E-state index >= 15 is 0 Å². The number of amides is 1. The number of halogens is 4. The second kappa shape index (κ2) is 5.93. The summed E-state index contributed by atoms with van der Waals surface area (Å²) in [6.07, 6.45) is -4.70. The SMILES string of the molecule is Cc1cc(C(=O)NCc2ccc(Br)cc2)c(C(F)(F)F)o1. The first kappa shape index (κ1) is 15.6. The van der Waals surface area contributed by atoms with Crippen molar-refractivity contribution in [2.45, 2.75) is 19.6 Å². The molecule has 1 aromatic carbocycles. The molecule has 2 rings (SSSR count). The zero-order chi connectivity index (χ0) is 15.6. The Hall–Kier alpha value is -1.76. The predicted octanol–water partition coefficient (Wildman–Crippen LogP) is 4.30. The van der Waals surface area contributed by atoms with Crippen LogP contribution in [0.2, 0.25) is 0 Å². The van der Waals surface area contributed by atoms with Gasteiger partial charge in [-0.25, -0.2) is 0 Å². The second-order valence-electron chi connectivity index (χ2n) is 4.41. The number of rotatable bonds is 3. The Morgan fingerprint density at radius 1 is 1.29 bits per heavy atom. The minimum Gasteiger partial charge on any atom is -0.456 e. The van der Waals surface area contributed by atoms with Gasteiger partial charge in [0.1, 0.15) is 5.76 Å². The summed E-state index contributed by atoms with van der Waals surface area (Å²) in [5, 5.41) is 2.45. The van der Waals surface area contributed by atoms with Crippen LogP contribution in [0.1, 0.15) is 27.4 Å². The molecule has 0 fully saturated rings. The molecule has 1 aromatic heterocycles. The average molecular weight is 362 g/mol. The Morgan fingerprint density at radius 3 is 2.48 bits per heavy atom. The lowest BCUT2D eigenvalue weighted by Crippen LogP contribution is -2.24. The molecule has 3 nitrogen and oxygen atoms in total. The van der Waals surface area contributed by atoms with Gasteiger partial charge in [-0.2, -0.15) is 13.2 Å². The summed E-state index contributed by atoms with van der Waals surface area (Å²) in [5.74, 6) is -2.05. The van der Waals surface area contributed by atoms with Gasteiger partial charge in [-0.05, 0) is 30.7 Å². The molecular formula is C14H11BrF3NO2. The largest absolute Gasteiger partial charge is 0.456 e. The van der Waals surface area contributed by atoms with Crippen molar-refractivity contribution in [2.75, 3.05) is 0 Å². The van der Waals surface area contributed by atoms with E-state index < -0.39 is 23.4 Å². The van der Waals surface area contributed by atoms with Crippen molar-refractivity contribution in [3.63, 3.8) is 0 Å². The number of carbonyl (C=O) groups is 1. The maximum absolute atomic E-state index is 12.8. The summed E-state index contributed by atoms with van der Waals surface area (Å²) in [5.41, 5.74) is 0.275. The molecule has 0 bridgehead atoms. The van der Waals surface area contributed by atoms with Gasteiger partial charge in [0.15, 0.2) is 0 Å². The number of nitrogens with one attached hydrogen (secondary N) is 1. The van der Waals surface area contributed by atoms with E-state index in [0.717, 1.165) is 16.1 Å². The van der Waals surface area contributed by atoms with Crippen molar-refractivity contribution < 1.29 is 22.4 Å². The molecule has 112 valence electrons. The van der Waals surface area contributed by atoms with Gasteiger partial charge in [0.2, 0.25) is 5.76 Å². The number of benzene rings is 1. The number of alkyl halides is 3. The smallest absolute Gasteiger partial charge is 0.450 e. The van der Waals surface area contributed by atoms with Crippen LogP contribution in [0.5, 0.6) is 0 Å². The molecule has 0 atom stereocenters. The lowest BCUT2D eigenvalue weighted by atomic mass is 10.2. The van der Waals surface area contributed by atoms with Gasteiger partial charge >= 0.3 is 6.18 Å². The fourth-order valence-corrected chi connectivity index (χ4v) is 2.04. The molecule has 2 aromatic rings. The van der Waals surface area contributed by atoms with E-state index in [-0.39, 0.29) is 12.3 Å². The summed E-state index contributed by atoms with van der Waals surface area (Å²) in [7, 11) is 0. The maximum atomic E-state index is 12.8. The Balaban J connectivity index is 2.12. The van der Waals surface area contributed by atoms with E-state index in [1.165, 1.54) is 6.92 Å². The standard InChI is InChI=1S/C14H11BrF3NO2/c1-8-6-11(12(21-8)14(16,17)18)13(20)19-7-9-2-4-10(15)5-3-9/h2-6H,7H2,1H3,(H,19,20). The monoisotopic (exact) mass is 361 g/mol. The highest BCUT2D eigenvalue weighted by molar-refractivity contribution is 9.10. The van der Waals surface area contributed by atoms with Crippen molar-refractivity contribution >= 4 is 21.8 Å². The Kier molecular flexibility index (Phi) is 4.41. The second-order valence-corrected chi connectivity index (χ2v) is 5.32. The predicted molar refractivity (Wildman–Crippen MR) is 73.8 cm³/mol. The third-order valence-electron chi connectivity index (χ3n) is 2.72. The molecule has 0 radical (unpaired) electrons. The van der Waals surface area contributed by atoms with E-state index in [9.17, 15) is 18.0 Å². The lowest BCUT2D eigenvalue weighted by molar-refractivity contribution is -0.153. The molecule has 0 aliphatic carbocycles. The molecule has 1 heterocycles. The first-order valence-electron chi connectivity index (χ1n) is 5.97. The van der Waals surface area contributed by atoms with E-state index in [2.05, 4.69) is 25.7 Å². The van der Waals surface area contributed by atoms with Gasteiger partial charge in [-0.1, -0.05) is 28.1 Å². The van der Waals surface area contributed by atoms with Gasteiger partial charge in [-0.15, -0.1) is 0 Å². The average Bonchev–Trinajstić information content (AvgIpc) is 2.80. The molecule has 7 heteroatoms. The molecule has 0 saturated heterocycles. The summed E-state index contributed by atoms with van der Waals surface area (Å²) < 4.78 is 43.7. The minimum absolute atomic E-state index is 0.0381. The first-order valence-corrected chi connectivity index (χ1v) is 6.77. The van der Waals surface area contributed by atoms with Crippen LogP contribution in [0.3, 0.4) is 0 Å². The van der Waals surface area contributed by atoms with Gasteiger partial charge in [0, 0.05) is 11.0 Å². The number of furan rings is 1. The third kappa shape index (κ3) is 3.87. The molecule has 1 amide bonds. The Morgan fingerprint density at radius 2 is 1.90 bits per heavy atom. The van der Waals surface area contributed by atoms with Crippen molar-refractivity contribution in [3.8, 4) is 0 Å². The number of carbonyl (C=O) groups excluding carboxylic acids is 1. The zero-order valence-electron chi connectivity index (χ0n) is 10.9. The van der Waals surface area contributed by atoms with Gasteiger partial charge in [-0.3, -0.25) is 4.79 Å². The van der Waals surface area contributed by atoms with Gasteiger partial charge < -0.3 is 9.73 Å². The normalized spacial score (nSPS) is 11.5. The summed E-state index contributed by atoms with van der Waals surface area (Å²) >= 11 is 3.27. The summed E-state index contributed by atoms with van der Waals surface area (Å²) in [4.78, 5) is 11.9. The molecule has 0 aliphatic heterocycles. The molecule has 21 heavy (non-hydrogen) atoms. The van der Waals surface area contributed by atoms with E-state index in [4.69, 9.17) is 0 Å². The minimum atomic E-state index is -4.70. The van der Waals surface area contributed by atoms with Crippen LogP contribution >= 0.6 is 15.9 Å². The topological polar surface area (TPSA) is 42.2 Å². The van der Waals surface area contributed by atoms with Crippen LogP contribution in [-0.4, -0.2) is 5.91 Å². The number of aryl methyl sites for hydroxylation is 1. The molecule has 0 spiro atoms. The van der Waals surface area contributed by atoms with Crippen molar-refractivity contribution in [1.82, 2.24) is 5.32 Å². The van der Waals surface area contributed by atoms with Gasteiger partial charge in [0.05, 0.1) is 5.56 Å². The van der Waals surface area contributed by atoms with Crippen molar-refractivity contribution in [2.24, 2.45) is 0 Å². The first-order chi connectivity index (χ1) is 9.77. The molecule has 1 N–H and O–H groups in total. The van der Waals surface area contributed by atoms with Gasteiger partial charge in [0.25, 0.3) is 5.91 Å². The highest BCUT2D eigenvalue weighted by atomic mass is 79.9. The van der Waals surface area contributed by atoms with Crippen LogP contribution in [-0.2, 0) is 12.7 Å². The van der Waals surface area contributed by atoms with Crippen LogP contribution < -0.4 is 5.32 Å².